The van der Waals surface area contributed by atoms with Crippen molar-refractivity contribution >= 4 is 5.97 Å². The summed E-state index contributed by atoms with van der Waals surface area (Å²) >= 11 is 0. The summed E-state index contributed by atoms with van der Waals surface area (Å²) in [7, 11) is 4.75. The van der Waals surface area contributed by atoms with E-state index in [2.05, 4.69) is 12.1 Å². The fourth-order valence-electron chi connectivity index (χ4n) is 4.09. The SMILES string of the molecule is CCOC(=O)C1(c2c(OC)cc(OC)cc2OC)C(C)=C1CCc1ccccc1. The summed E-state index contributed by atoms with van der Waals surface area (Å²) in [5.74, 6) is 1.40. The van der Waals surface area contributed by atoms with Crippen LogP contribution in [0.25, 0.3) is 0 Å². The summed E-state index contributed by atoms with van der Waals surface area (Å²) in [6, 6.07) is 13.8. The maximum absolute atomic E-state index is 13.2. The molecule has 0 heterocycles. The van der Waals surface area contributed by atoms with Crippen LogP contribution in [0, 0.1) is 0 Å². The van der Waals surface area contributed by atoms with Gasteiger partial charge in [0, 0.05) is 12.1 Å². The van der Waals surface area contributed by atoms with E-state index in [-0.39, 0.29) is 5.97 Å². The molecule has 154 valence electrons. The highest BCUT2D eigenvalue weighted by atomic mass is 16.5. The summed E-state index contributed by atoms with van der Waals surface area (Å²) in [4.78, 5) is 13.2. The number of benzene rings is 2. The predicted molar refractivity (Wildman–Crippen MR) is 112 cm³/mol. The number of hydrogen-bond acceptors (Lipinski definition) is 5. The van der Waals surface area contributed by atoms with E-state index >= 15 is 0 Å². The van der Waals surface area contributed by atoms with Gasteiger partial charge in [0.05, 0.1) is 33.5 Å². The first-order valence-electron chi connectivity index (χ1n) is 9.76. The van der Waals surface area contributed by atoms with Gasteiger partial charge in [-0.25, -0.2) is 0 Å². The number of esters is 1. The molecule has 2 aromatic carbocycles. The quantitative estimate of drug-likeness (QED) is 0.462. The Morgan fingerprint density at radius 2 is 1.55 bits per heavy atom. The third-order valence-corrected chi connectivity index (χ3v) is 5.58. The van der Waals surface area contributed by atoms with Crippen molar-refractivity contribution in [1.82, 2.24) is 0 Å². The largest absolute Gasteiger partial charge is 0.496 e. The van der Waals surface area contributed by atoms with Crippen molar-refractivity contribution in [2.45, 2.75) is 32.1 Å². The number of rotatable bonds is 9. The van der Waals surface area contributed by atoms with Crippen LogP contribution in [0.1, 0.15) is 31.4 Å². The molecular formula is C24H28O5. The van der Waals surface area contributed by atoms with E-state index in [4.69, 9.17) is 18.9 Å². The van der Waals surface area contributed by atoms with Gasteiger partial charge in [-0.3, -0.25) is 4.79 Å². The van der Waals surface area contributed by atoms with Gasteiger partial charge >= 0.3 is 5.97 Å². The average molecular weight is 396 g/mol. The maximum Gasteiger partial charge on any atom is 0.325 e. The third kappa shape index (κ3) is 3.57. The van der Waals surface area contributed by atoms with Crippen LogP contribution in [-0.2, 0) is 21.4 Å². The van der Waals surface area contributed by atoms with Gasteiger partial charge in [-0.2, -0.15) is 0 Å². The normalized spacial score (nSPS) is 17.7. The lowest BCUT2D eigenvalue weighted by molar-refractivity contribution is -0.145. The van der Waals surface area contributed by atoms with Crippen LogP contribution < -0.4 is 14.2 Å². The zero-order chi connectivity index (χ0) is 21.0. The van der Waals surface area contributed by atoms with E-state index in [0.717, 1.165) is 24.0 Å². The Labute approximate surface area is 172 Å². The Balaban J connectivity index is 2.05. The highest BCUT2D eigenvalue weighted by molar-refractivity contribution is 6.00. The highest BCUT2D eigenvalue weighted by Gasteiger charge is 2.61. The number of hydrogen-bond donors (Lipinski definition) is 0. The van der Waals surface area contributed by atoms with E-state index in [0.29, 0.717) is 29.4 Å². The van der Waals surface area contributed by atoms with Gasteiger partial charge in [0.15, 0.2) is 0 Å². The first kappa shape index (κ1) is 20.8. The summed E-state index contributed by atoms with van der Waals surface area (Å²) in [6.45, 7) is 4.11. The monoisotopic (exact) mass is 396 g/mol. The first-order valence-corrected chi connectivity index (χ1v) is 9.76. The standard InChI is InChI=1S/C24H28O5/c1-6-29-23(25)24(16(2)19(24)13-12-17-10-8-7-9-11-17)22-20(27-4)14-18(26-3)15-21(22)28-5/h7-11,14-15H,6,12-13H2,1-5H3. The molecule has 0 fully saturated rings. The zero-order valence-electron chi connectivity index (χ0n) is 17.7. The molecule has 0 spiro atoms. The van der Waals surface area contributed by atoms with Crippen molar-refractivity contribution in [3.63, 3.8) is 0 Å². The molecule has 0 saturated carbocycles. The number of methoxy groups -OCH3 is 3. The summed E-state index contributed by atoms with van der Waals surface area (Å²) < 4.78 is 22.2. The van der Waals surface area contributed by atoms with Crippen LogP contribution >= 0.6 is 0 Å². The van der Waals surface area contributed by atoms with Gasteiger partial charge in [-0.1, -0.05) is 30.3 Å². The van der Waals surface area contributed by atoms with Gasteiger partial charge in [0.25, 0.3) is 0 Å². The Morgan fingerprint density at radius 3 is 2.07 bits per heavy atom. The smallest absolute Gasteiger partial charge is 0.325 e. The second kappa shape index (κ2) is 8.60. The van der Waals surface area contributed by atoms with Crippen molar-refractivity contribution in [2.24, 2.45) is 0 Å². The average Bonchev–Trinajstić information content (AvgIpc) is 3.35. The van der Waals surface area contributed by atoms with Crippen molar-refractivity contribution in [1.29, 1.82) is 0 Å². The molecule has 0 radical (unpaired) electrons. The molecule has 5 nitrogen and oxygen atoms in total. The minimum atomic E-state index is -0.951. The molecule has 1 atom stereocenters. The zero-order valence-corrected chi connectivity index (χ0v) is 17.7. The van der Waals surface area contributed by atoms with E-state index < -0.39 is 5.41 Å². The molecular weight excluding hydrogens is 368 g/mol. The number of carbonyl (C=O) groups excluding carboxylic acids is 1. The lowest BCUT2D eigenvalue weighted by Crippen LogP contribution is -2.29. The Hall–Kier alpha value is -2.95. The summed E-state index contributed by atoms with van der Waals surface area (Å²) in [5, 5.41) is 0. The van der Waals surface area contributed by atoms with E-state index in [9.17, 15) is 4.79 Å². The maximum atomic E-state index is 13.2. The minimum Gasteiger partial charge on any atom is -0.496 e. The number of aryl methyl sites for hydroxylation is 1. The van der Waals surface area contributed by atoms with E-state index in [1.807, 2.05) is 32.0 Å². The Bertz CT molecular complexity index is 891. The van der Waals surface area contributed by atoms with Crippen LogP contribution in [0.3, 0.4) is 0 Å². The van der Waals surface area contributed by atoms with Crippen molar-refractivity contribution in [3.05, 3.63) is 64.7 Å². The summed E-state index contributed by atoms with van der Waals surface area (Å²) in [5.41, 5.74) is 3.01. The molecule has 5 heteroatoms. The molecule has 3 rings (SSSR count). The first-order chi connectivity index (χ1) is 14.0. The molecule has 0 aromatic heterocycles. The number of carbonyl (C=O) groups is 1. The van der Waals surface area contributed by atoms with Crippen LogP contribution in [0.5, 0.6) is 17.2 Å². The fraction of sp³-hybridized carbons (Fsp3) is 0.375. The number of ether oxygens (including phenoxy) is 4. The molecule has 1 aliphatic carbocycles. The highest BCUT2D eigenvalue weighted by Crippen LogP contribution is 2.61. The fourth-order valence-corrected chi connectivity index (χ4v) is 4.09. The molecule has 0 N–H and O–H groups in total. The van der Waals surface area contributed by atoms with Crippen LogP contribution in [0.15, 0.2) is 53.6 Å². The molecule has 2 aromatic rings. The van der Waals surface area contributed by atoms with Gasteiger partial charge in [-0.15, -0.1) is 0 Å². The lowest BCUT2D eigenvalue weighted by atomic mass is 9.85. The predicted octanol–water partition coefficient (Wildman–Crippen LogP) is 4.48. The summed E-state index contributed by atoms with van der Waals surface area (Å²) in [6.07, 6.45) is 1.60. The second-order valence-electron chi connectivity index (χ2n) is 6.97. The third-order valence-electron chi connectivity index (χ3n) is 5.58. The van der Waals surface area contributed by atoms with Crippen LogP contribution in [0.2, 0.25) is 0 Å². The lowest BCUT2D eigenvalue weighted by Gasteiger charge is -2.24. The van der Waals surface area contributed by atoms with Gasteiger partial charge in [0.2, 0.25) is 0 Å². The molecule has 0 bridgehead atoms. The van der Waals surface area contributed by atoms with Crippen molar-refractivity contribution in [3.8, 4) is 17.2 Å². The van der Waals surface area contributed by atoms with Crippen LogP contribution in [0.4, 0.5) is 0 Å². The van der Waals surface area contributed by atoms with Crippen molar-refractivity contribution < 1.29 is 23.7 Å². The molecule has 0 saturated heterocycles. The second-order valence-corrected chi connectivity index (χ2v) is 6.97. The van der Waals surface area contributed by atoms with Crippen molar-refractivity contribution in [2.75, 3.05) is 27.9 Å². The Kier molecular flexibility index (Phi) is 6.16. The Morgan fingerprint density at radius 1 is 0.931 bits per heavy atom. The molecule has 0 aliphatic heterocycles. The topological polar surface area (TPSA) is 54.0 Å². The molecule has 0 amide bonds. The van der Waals surface area contributed by atoms with E-state index in [1.54, 1.807) is 33.5 Å². The molecule has 29 heavy (non-hydrogen) atoms. The minimum absolute atomic E-state index is 0.290. The van der Waals surface area contributed by atoms with E-state index in [1.165, 1.54) is 5.56 Å². The van der Waals surface area contributed by atoms with Crippen LogP contribution in [-0.4, -0.2) is 33.9 Å². The van der Waals surface area contributed by atoms with Gasteiger partial charge in [-0.05, 0) is 43.4 Å². The molecule has 1 unspecified atom stereocenters. The van der Waals surface area contributed by atoms with Gasteiger partial charge < -0.3 is 18.9 Å². The molecule has 1 aliphatic rings. The van der Waals surface area contributed by atoms with Gasteiger partial charge in [0.1, 0.15) is 22.7 Å².